The van der Waals surface area contributed by atoms with E-state index in [-0.39, 0.29) is 0 Å². The molecule has 0 amide bonds. The molecule has 0 atom stereocenters. The summed E-state index contributed by atoms with van der Waals surface area (Å²) in [4.78, 5) is 4.65. The highest BCUT2D eigenvalue weighted by Gasteiger charge is 2.10. The molecule has 5 aromatic rings. The number of oxazole rings is 1. The van der Waals surface area contributed by atoms with E-state index < -0.39 is 0 Å². The van der Waals surface area contributed by atoms with Crippen LogP contribution in [0.5, 0.6) is 0 Å². The van der Waals surface area contributed by atoms with Crippen molar-refractivity contribution in [2.45, 2.75) is 0 Å². The topological polar surface area (TPSA) is 31.0 Å². The van der Waals surface area contributed by atoms with Gasteiger partial charge in [-0.1, -0.05) is 24.3 Å². The first-order valence-corrected chi connectivity index (χ1v) is 8.20. The van der Waals surface area contributed by atoms with Crippen molar-refractivity contribution in [3.05, 3.63) is 79.0 Å². The maximum Gasteiger partial charge on any atom is 0.227 e. The van der Waals surface area contributed by atoms with E-state index >= 15 is 0 Å². The Labute approximate surface area is 145 Å². The predicted molar refractivity (Wildman–Crippen MR) is 100 cm³/mol. The predicted octanol–water partition coefficient (Wildman–Crippen LogP) is 5.45. The van der Waals surface area contributed by atoms with Crippen LogP contribution in [0, 0.1) is 6.07 Å². The van der Waals surface area contributed by atoms with Gasteiger partial charge in [-0.05, 0) is 59.7 Å². The highest BCUT2D eigenvalue weighted by atomic mass is 16.3. The van der Waals surface area contributed by atoms with Crippen LogP contribution in [0.25, 0.3) is 44.6 Å². The summed E-state index contributed by atoms with van der Waals surface area (Å²) in [6, 6.07) is 25.5. The Morgan fingerprint density at radius 2 is 1.68 bits per heavy atom. The third kappa shape index (κ3) is 2.32. The first kappa shape index (κ1) is 14.1. The van der Waals surface area contributed by atoms with Crippen molar-refractivity contribution in [1.29, 1.82) is 0 Å². The number of nitrogens with zero attached hydrogens (tertiary/aromatic N) is 2. The van der Waals surface area contributed by atoms with Crippen molar-refractivity contribution in [2.24, 2.45) is 7.05 Å². The fraction of sp³-hybridized carbons (Fsp3) is 0.0455. The molecule has 119 valence electrons. The Morgan fingerprint density at radius 1 is 0.880 bits per heavy atom. The molecule has 1 radical (unpaired) electrons. The zero-order valence-corrected chi connectivity index (χ0v) is 13.7. The van der Waals surface area contributed by atoms with Crippen LogP contribution >= 0.6 is 0 Å². The molecule has 0 unspecified atom stereocenters. The molecule has 2 aromatic heterocycles. The van der Waals surface area contributed by atoms with E-state index in [1.165, 1.54) is 16.5 Å². The van der Waals surface area contributed by atoms with Crippen molar-refractivity contribution in [1.82, 2.24) is 9.55 Å². The van der Waals surface area contributed by atoms with Crippen LogP contribution < -0.4 is 0 Å². The van der Waals surface area contributed by atoms with Crippen molar-refractivity contribution in [3.8, 4) is 22.6 Å². The van der Waals surface area contributed by atoms with Gasteiger partial charge in [-0.3, -0.25) is 0 Å². The number of hydrogen-bond donors (Lipinski definition) is 0. The Bertz CT molecular complexity index is 1200. The zero-order valence-electron chi connectivity index (χ0n) is 13.7. The second-order valence-corrected chi connectivity index (χ2v) is 6.19. The molecule has 2 heterocycles. The van der Waals surface area contributed by atoms with Gasteiger partial charge in [0.15, 0.2) is 5.58 Å². The van der Waals surface area contributed by atoms with Crippen LogP contribution in [-0.2, 0) is 7.05 Å². The van der Waals surface area contributed by atoms with Crippen LogP contribution in [0.15, 0.2) is 77.3 Å². The number of rotatable bonds is 2. The maximum atomic E-state index is 5.89. The number of hydrogen-bond acceptors (Lipinski definition) is 2. The van der Waals surface area contributed by atoms with Gasteiger partial charge in [0.05, 0.1) is 0 Å². The zero-order chi connectivity index (χ0) is 16.8. The van der Waals surface area contributed by atoms with Gasteiger partial charge in [-0.15, -0.1) is 0 Å². The molecule has 3 aromatic carbocycles. The molecule has 0 aliphatic rings. The first-order valence-electron chi connectivity index (χ1n) is 8.20. The highest BCUT2D eigenvalue weighted by Crippen LogP contribution is 2.30. The van der Waals surface area contributed by atoms with Crippen LogP contribution in [-0.4, -0.2) is 9.55 Å². The van der Waals surface area contributed by atoms with Crippen LogP contribution in [0.3, 0.4) is 0 Å². The summed E-state index contributed by atoms with van der Waals surface area (Å²) in [5.74, 6) is 0.639. The van der Waals surface area contributed by atoms with Gasteiger partial charge < -0.3 is 8.98 Å². The lowest BCUT2D eigenvalue weighted by molar-refractivity contribution is 0.620. The first-order chi connectivity index (χ1) is 12.3. The third-order valence-electron chi connectivity index (χ3n) is 4.57. The van der Waals surface area contributed by atoms with Gasteiger partial charge in [0.25, 0.3) is 0 Å². The van der Waals surface area contributed by atoms with Gasteiger partial charge in [0.1, 0.15) is 5.52 Å². The lowest BCUT2D eigenvalue weighted by Gasteiger charge is -2.03. The molecular weight excluding hydrogens is 308 g/mol. The molecule has 0 aliphatic heterocycles. The number of aryl methyl sites for hydroxylation is 1. The molecular formula is C22H15N2O. The lowest BCUT2D eigenvalue weighted by atomic mass is 10.0. The molecule has 0 N–H and O–H groups in total. The van der Waals surface area contributed by atoms with E-state index in [1.54, 1.807) is 0 Å². The standard InChI is InChI=1S/C22H15N2O/c1-24-12-11-18-13-16(7-9-20(18)24)17-8-10-21-19(14-17)23-22(25-21)15-5-3-2-4-6-15/h3-14H,1H3. The van der Waals surface area contributed by atoms with Crippen LogP contribution in [0.4, 0.5) is 0 Å². The molecule has 0 aliphatic carbocycles. The molecule has 0 fully saturated rings. The van der Waals surface area contributed by atoms with Crippen molar-refractivity contribution in [2.75, 3.05) is 0 Å². The Balaban J connectivity index is 1.61. The van der Waals surface area contributed by atoms with Gasteiger partial charge in [0, 0.05) is 29.7 Å². The van der Waals surface area contributed by atoms with Gasteiger partial charge in [0.2, 0.25) is 5.89 Å². The van der Waals surface area contributed by atoms with Crippen molar-refractivity contribution >= 4 is 22.0 Å². The second kappa shape index (κ2) is 5.35. The fourth-order valence-electron chi connectivity index (χ4n) is 3.22. The van der Waals surface area contributed by atoms with E-state index in [9.17, 15) is 0 Å². The smallest absolute Gasteiger partial charge is 0.227 e. The number of aromatic nitrogens is 2. The molecule has 0 bridgehead atoms. The number of benzene rings is 3. The quantitative estimate of drug-likeness (QED) is 0.432. The average Bonchev–Trinajstić information content (AvgIpc) is 3.25. The summed E-state index contributed by atoms with van der Waals surface area (Å²) in [5.41, 5.74) is 6.18. The minimum Gasteiger partial charge on any atom is -0.436 e. The summed E-state index contributed by atoms with van der Waals surface area (Å²) in [5, 5.41) is 1.24. The van der Waals surface area contributed by atoms with E-state index in [0.717, 1.165) is 22.2 Å². The molecule has 3 nitrogen and oxygen atoms in total. The Kier molecular flexibility index (Phi) is 3.01. The molecule has 5 rings (SSSR count). The summed E-state index contributed by atoms with van der Waals surface area (Å²) in [6.07, 6.45) is 2.08. The molecule has 3 heteroatoms. The minimum atomic E-state index is 0.639. The Morgan fingerprint density at radius 3 is 2.56 bits per heavy atom. The Hall–Kier alpha value is -3.33. The van der Waals surface area contributed by atoms with Crippen molar-refractivity contribution in [3.63, 3.8) is 0 Å². The van der Waals surface area contributed by atoms with Gasteiger partial charge in [-0.25, -0.2) is 4.98 Å². The maximum absolute atomic E-state index is 5.89. The summed E-state index contributed by atoms with van der Waals surface area (Å²) < 4.78 is 8.02. The average molecular weight is 323 g/mol. The monoisotopic (exact) mass is 323 g/mol. The summed E-state index contributed by atoms with van der Waals surface area (Å²) >= 11 is 0. The molecule has 0 spiro atoms. The van der Waals surface area contributed by atoms with Gasteiger partial charge in [-0.2, -0.15) is 0 Å². The fourth-order valence-corrected chi connectivity index (χ4v) is 3.22. The SMILES string of the molecule is Cn1ccc2cc(-c3ccc4oc(-c5cc[c]cc5)nc4c3)ccc21. The highest BCUT2D eigenvalue weighted by molar-refractivity contribution is 5.88. The van der Waals surface area contributed by atoms with E-state index in [4.69, 9.17) is 4.42 Å². The van der Waals surface area contributed by atoms with Crippen molar-refractivity contribution < 1.29 is 4.42 Å². The normalized spacial score (nSPS) is 11.4. The third-order valence-corrected chi connectivity index (χ3v) is 4.57. The minimum absolute atomic E-state index is 0.639. The summed E-state index contributed by atoms with van der Waals surface area (Å²) in [6.45, 7) is 0. The van der Waals surface area contributed by atoms with Crippen LogP contribution in [0.1, 0.15) is 0 Å². The lowest BCUT2D eigenvalue weighted by Crippen LogP contribution is -1.84. The molecule has 0 saturated heterocycles. The van der Waals surface area contributed by atoms with Gasteiger partial charge >= 0.3 is 0 Å². The molecule has 25 heavy (non-hydrogen) atoms. The second-order valence-electron chi connectivity index (χ2n) is 6.19. The largest absolute Gasteiger partial charge is 0.436 e. The van der Waals surface area contributed by atoms with Crippen LogP contribution in [0.2, 0.25) is 0 Å². The summed E-state index contributed by atoms with van der Waals surface area (Å²) in [7, 11) is 2.06. The van der Waals surface area contributed by atoms with E-state index in [1.807, 2.05) is 30.3 Å². The number of fused-ring (bicyclic) bond motifs is 2. The van der Waals surface area contributed by atoms with E-state index in [2.05, 4.69) is 65.3 Å². The van der Waals surface area contributed by atoms with E-state index in [0.29, 0.717) is 5.89 Å². The molecule has 0 saturated carbocycles.